The van der Waals surface area contributed by atoms with Crippen molar-refractivity contribution in [2.45, 2.75) is 11.8 Å². The highest BCUT2D eigenvalue weighted by molar-refractivity contribution is 7.81. The number of hydrogen-bond acceptors (Lipinski definition) is 2. The van der Waals surface area contributed by atoms with Crippen LogP contribution in [0.5, 0.6) is 0 Å². The fourth-order valence-electron chi connectivity index (χ4n) is 1.54. The van der Waals surface area contributed by atoms with E-state index < -0.39 is 0 Å². The summed E-state index contributed by atoms with van der Waals surface area (Å²) in [4.78, 5) is 2.35. The molecule has 1 aromatic rings. The molecule has 70 valence electrons. The van der Waals surface area contributed by atoms with Crippen molar-refractivity contribution < 1.29 is 0 Å². The summed E-state index contributed by atoms with van der Waals surface area (Å²) in [5.41, 5.74) is 1.21. The Morgan fingerprint density at radius 2 is 2.08 bits per heavy atom. The van der Waals surface area contributed by atoms with Crippen molar-refractivity contribution in [1.29, 1.82) is 0 Å². The molecule has 2 rings (SSSR count). The Labute approximate surface area is 89.1 Å². The summed E-state index contributed by atoms with van der Waals surface area (Å²) in [5, 5.41) is 1.42. The SMILES string of the molecule is SC1CN(Cc2ccccc2Cl)C1. The maximum Gasteiger partial charge on any atom is 0.0451 e. The first-order valence-corrected chi connectivity index (χ1v) is 5.29. The highest BCUT2D eigenvalue weighted by Gasteiger charge is 2.23. The summed E-state index contributed by atoms with van der Waals surface area (Å²) < 4.78 is 0. The van der Waals surface area contributed by atoms with Crippen LogP contribution in [0.25, 0.3) is 0 Å². The van der Waals surface area contributed by atoms with Crippen LogP contribution in [0, 0.1) is 0 Å². The van der Waals surface area contributed by atoms with E-state index >= 15 is 0 Å². The van der Waals surface area contributed by atoms with Gasteiger partial charge in [-0.1, -0.05) is 29.8 Å². The van der Waals surface area contributed by atoms with Gasteiger partial charge in [-0.05, 0) is 11.6 Å². The topological polar surface area (TPSA) is 3.24 Å². The molecule has 0 bridgehead atoms. The van der Waals surface area contributed by atoms with E-state index in [-0.39, 0.29) is 0 Å². The Morgan fingerprint density at radius 3 is 2.69 bits per heavy atom. The number of thiol groups is 1. The van der Waals surface area contributed by atoms with Crippen LogP contribution in [-0.2, 0) is 6.54 Å². The van der Waals surface area contributed by atoms with Crippen LogP contribution in [0.2, 0.25) is 5.02 Å². The molecule has 1 aromatic carbocycles. The fraction of sp³-hybridized carbons (Fsp3) is 0.400. The number of hydrogen-bond donors (Lipinski definition) is 1. The van der Waals surface area contributed by atoms with Crippen molar-refractivity contribution in [3.8, 4) is 0 Å². The van der Waals surface area contributed by atoms with E-state index in [2.05, 4.69) is 23.6 Å². The molecule has 0 radical (unpaired) electrons. The number of nitrogens with zero attached hydrogens (tertiary/aromatic N) is 1. The van der Waals surface area contributed by atoms with E-state index in [0.29, 0.717) is 5.25 Å². The maximum absolute atomic E-state index is 6.04. The van der Waals surface area contributed by atoms with Gasteiger partial charge in [-0.2, -0.15) is 12.6 Å². The van der Waals surface area contributed by atoms with Crippen LogP contribution in [0.1, 0.15) is 5.56 Å². The minimum absolute atomic E-state index is 0.558. The lowest BCUT2D eigenvalue weighted by Crippen LogP contribution is -2.46. The van der Waals surface area contributed by atoms with Gasteiger partial charge in [0.05, 0.1) is 0 Å². The third-order valence-corrected chi connectivity index (χ3v) is 2.99. The molecule has 1 aliphatic heterocycles. The van der Waals surface area contributed by atoms with Crippen LogP contribution in [0.3, 0.4) is 0 Å². The summed E-state index contributed by atoms with van der Waals surface area (Å²) in [6.45, 7) is 3.11. The molecule has 1 heterocycles. The molecule has 3 heteroatoms. The predicted octanol–water partition coefficient (Wildman–Crippen LogP) is 2.45. The Balaban J connectivity index is 1.98. The molecule has 0 aliphatic carbocycles. The first-order valence-electron chi connectivity index (χ1n) is 4.39. The Morgan fingerprint density at radius 1 is 1.38 bits per heavy atom. The van der Waals surface area contributed by atoms with E-state index in [4.69, 9.17) is 11.6 Å². The lowest BCUT2D eigenvalue weighted by Gasteiger charge is -2.36. The van der Waals surface area contributed by atoms with Crippen LogP contribution in [0.4, 0.5) is 0 Å². The molecule has 1 fully saturated rings. The van der Waals surface area contributed by atoms with Gasteiger partial charge in [0.15, 0.2) is 0 Å². The average Bonchev–Trinajstić information content (AvgIpc) is 2.06. The minimum atomic E-state index is 0.558. The highest BCUT2D eigenvalue weighted by Crippen LogP contribution is 2.21. The van der Waals surface area contributed by atoms with Gasteiger partial charge in [-0.15, -0.1) is 0 Å². The third-order valence-electron chi connectivity index (χ3n) is 2.29. The molecule has 13 heavy (non-hydrogen) atoms. The second-order valence-electron chi connectivity index (χ2n) is 3.44. The number of halogens is 1. The summed E-state index contributed by atoms with van der Waals surface area (Å²) in [6, 6.07) is 8.01. The van der Waals surface area contributed by atoms with Crippen molar-refractivity contribution in [2.24, 2.45) is 0 Å². The molecule has 0 unspecified atom stereocenters. The Bertz CT molecular complexity index is 297. The first kappa shape index (κ1) is 9.38. The molecule has 0 amide bonds. The van der Waals surface area contributed by atoms with Crippen molar-refractivity contribution >= 4 is 24.2 Å². The van der Waals surface area contributed by atoms with Gasteiger partial charge < -0.3 is 0 Å². The Hall–Kier alpha value is -0.180. The van der Waals surface area contributed by atoms with Crippen LogP contribution >= 0.6 is 24.2 Å². The molecular weight excluding hydrogens is 202 g/mol. The number of rotatable bonds is 2. The lowest BCUT2D eigenvalue weighted by molar-refractivity contribution is 0.182. The quantitative estimate of drug-likeness (QED) is 0.739. The van der Waals surface area contributed by atoms with Crippen LogP contribution in [-0.4, -0.2) is 23.2 Å². The van der Waals surface area contributed by atoms with Crippen molar-refractivity contribution in [3.63, 3.8) is 0 Å². The molecule has 1 aliphatic rings. The van der Waals surface area contributed by atoms with Gasteiger partial charge in [-0.3, -0.25) is 4.90 Å². The standard InChI is InChI=1S/C10H12ClNS/c11-10-4-2-1-3-8(10)5-12-6-9(13)7-12/h1-4,9,13H,5-7H2. The largest absolute Gasteiger partial charge is 0.297 e. The van der Waals surface area contributed by atoms with E-state index in [9.17, 15) is 0 Å². The monoisotopic (exact) mass is 213 g/mol. The maximum atomic E-state index is 6.04. The molecular formula is C10H12ClNS. The van der Waals surface area contributed by atoms with Gasteiger partial charge in [0.2, 0.25) is 0 Å². The van der Waals surface area contributed by atoms with E-state index in [0.717, 1.165) is 24.7 Å². The first-order chi connectivity index (χ1) is 6.25. The molecule has 0 atom stereocenters. The average molecular weight is 214 g/mol. The van der Waals surface area contributed by atoms with E-state index in [1.807, 2.05) is 18.2 Å². The molecule has 0 N–H and O–H groups in total. The lowest BCUT2D eigenvalue weighted by atomic mass is 10.1. The van der Waals surface area contributed by atoms with Crippen LogP contribution < -0.4 is 0 Å². The zero-order valence-electron chi connectivity index (χ0n) is 7.28. The van der Waals surface area contributed by atoms with Crippen LogP contribution in [0.15, 0.2) is 24.3 Å². The summed E-state index contributed by atoms with van der Waals surface area (Å²) in [6.07, 6.45) is 0. The van der Waals surface area contributed by atoms with Crippen molar-refractivity contribution in [2.75, 3.05) is 13.1 Å². The van der Waals surface area contributed by atoms with E-state index in [1.165, 1.54) is 5.56 Å². The van der Waals surface area contributed by atoms with Gasteiger partial charge >= 0.3 is 0 Å². The zero-order chi connectivity index (χ0) is 9.26. The fourth-order valence-corrected chi connectivity index (χ4v) is 2.20. The molecule has 0 aromatic heterocycles. The predicted molar refractivity (Wildman–Crippen MR) is 59.5 cm³/mol. The zero-order valence-corrected chi connectivity index (χ0v) is 8.93. The molecule has 0 spiro atoms. The normalized spacial score (nSPS) is 18.6. The Kier molecular flexibility index (Phi) is 2.82. The highest BCUT2D eigenvalue weighted by atomic mass is 35.5. The van der Waals surface area contributed by atoms with Gasteiger partial charge in [0.1, 0.15) is 0 Å². The minimum Gasteiger partial charge on any atom is -0.297 e. The second kappa shape index (κ2) is 3.91. The van der Waals surface area contributed by atoms with Gasteiger partial charge in [0.25, 0.3) is 0 Å². The van der Waals surface area contributed by atoms with E-state index in [1.54, 1.807) is 0 Å². The number of benzene rings is 1. The summed E-state index contributed by atoms with van der Waals surface area (Å²) in [5.74, 6) is 0. The smallest absolute Gasteiger partial charge is 0.0451 e. The third kappa shape index (κ3) is 2.19. The molecule has 0 saturated carbocycles. The molecule has 1 saturated heterocycles. The summed E-state index contributed by atoms with van der Waals surface area (Å²) in [7, 11) is 0. The molecule has 1 nitrogen and oxygen atoms in total. The second-order valence-corrected chi connectivity index (χ2v) is 4.58. The van der Waals surface area contributed by atoms with Crippen molar-refractivity contribution in [1.82, 2.24) is 4.90 Å². The summed E-state index contributed by atoms with van der Waals surface area (Å²) >= 11 is 10.4. The van der Waals surface area contributed by atoms with Gasteiger partial charge in [0, 0.05) is 29.9 Å². The number of likely N-dealkylation sites (tertiary alicyclic amines) is 1. The van der Waals surface area contributed by atoms with Gasteiger partial charge in [-0.25, -0.2) is 0 Å². The van der Waals surface area contributed by atoms with Crippen molar-refractivity contribution in [3.05, 3.63) is 34.9 Å².